The van der Waals surface area contributed by atoms with Crippen molar-refractivity contribution < 1.29 is 18.3 Å². The maximum absolute atomic E-state index is 13.3. The van der Waals surface area contributed by atoms with E-state index >= 15 is 0 Å². The number of alkyl halides is 3. The molecule has 26 heavy (non-hydrogen) atoms. The van der Waals surface area contributed by atoms with Crippen LogP contribution in [0.25, 0.3) is 16.8 Å². The van der Waals surface area contributed by atoms with Crippen molar-refractivity contribution in [1.82, 2.24) is 4.57 Å². The molecule has 0 radical (unpaired) electrons. The van der Waals surface area contributed by atoms with Gasteiger partial charge in [0, 0.05) is 17.0 Å². The Morgan fingerprint density at radius 1 is 0.962 bits per heavy atom. The van der Waals surface area contributed by atoms with Crippen LogP contribution in [0.4, 0.5) is 13.2 Å². The van der Waals surface area contributed by atoms with E-state index in [-0.39, 0.29) is 16.9 Å². The van der Waals surface area contributed by atoms with Gasteiger partial charge in [-0.15, -0.1) is 0 Å². The van der Waals surface area contributed by atoms with Crippen LogP contribution in [-0.2, 0) is 6.18 Å². The van der Waals surface area contributed by atoms with Crippen LogP contribution in [0.2, 0.25) is 0 Å². The summed E-state index contributed by atoms with van der Waals surface area (Å²) in [6, 6.07) is 13.4. The van der Waals surface area contributed by atoms with Crippen molar-refractivity contribution in [1.29, 1.82) is 5.26 Å². The molecule has 0 saturated heterocycles. The zero-order valence-corrected chi connectivity index (χ0v) is 14.1. The van der Waals surface area contributed by atoms with E-state index in [9.17, 15) is 23.5 Å². The molecule has 2 aromatic carbocycles. The second-order valence-electron chi connectivity index (χ2n) is 6.03. The Hall–Kier alpha value is -3.20. The lowest BCUT2D eigenvalue weighted by Crippen LogP contribution is -2.10. The van der Waals surface area contributed by atoms with Crippen molar-refractivity contribution in [2.75, 3.05) is 0 Å². The fourth-order valence-electron chi connectivity index (χ4n) is 3.01. The van der Waals surface area contributed by atoms with Crippen LogP contribution in [-0.4, -0.2) is 9.67 Å². The van der Waals surface area contributed by atoms with Crippen molar-refractivity contribution in [3.8, 4) is 28.6 Å². The van der Waals surface area contributed by atoms with Crippen LogP contribution in [0.1, 0.15) is 22.5 Å². The Kier molecular flexibility index (Phi) is 4.25. The minimum absolute atomic E-state index is 0.0103. The molecule has 0 bridgehead atoms. The topological polar surface area (TPSA) is 49.0 Å². The van der Waals surface area contributed by atoms with Gasteiger partial charge in [0.25, 0.3) is 0 Å². The number of phenolic OH excluding ortho intramolecular Hbond substituents is 1. The van der Waals surface area contributed by atoms with Crippen LogP contribution >= 0.6 is 0 Å². The number of nitriles is 1. The SMILES string of the molecule is Cc1ccc(C)n1-c1c(C#N)cc(C(F)(F)F)cc1-c1ccc(O)cc1. The quantitative estimate of drug-likeness (QED) is 0.672. The zero-order valence-electron chi connectivity index (χ0n) is 14.1. The Morgan fingerprint density at radius 2 is 1.54 bits per heavy atom. The highest BCUT2D eigenvalue weighted by Gasteiger charge is 2.33. The predicted octanol–water partition coefficient (Wildman–Crippen LogP) is 5.36. The molecule has 6 heteroatoms. The Bertz CT molecular complexity index is 990. The third-order valence-corrected chi connectivity index (χ3v) is 4.23. The molecule has 1 N–H and O–H groups in total. The molecule has 3 rings (SSSR count). The van der Waals surface area contributed by atoms with E-state index < -0.39 is 11.7 Å². The summed E-state index contributed by atoms with van der Waals surface area (Å²) < 4.78 is 41.8. The number of aryl methyl sites for hydroxylation is 2. The molecule has 0 aliphatic rings. The molecule has 0 aliphatic carbocycles. The van der Waals surface area contributed by atoms with E-state index in [1.54, 1.807) is 4.57 Å². The molecule has 0 atom stereocenters. The van der Waals surface area contributed by atoms with Crippen LogP contribution in [0.3, 0.4) is 0 Å². The Morgan fingerprint density at radius 3 is 2.04 bits per heavy atom. The van der Waals surface area contributed by atoms with Crippen molar-refractivity contribution in [2.45, 2.75) is 20.0 Å². The lowest BCUT2D eigenvalue weighted by Gasteiger charge is -2.19. The van der Waals surface area contributed by atoms with Crippen LogP contribution in [0.5, 0.6) is 5.75 Å². The van der Waals surface area contributed by atoms with Gasteiger partial charge in [0.05, 0.1) is 16.8 Å². The maximum atomic E-state index is 13.3. The molecule has 0 amide bonds. The van der Waals surface area contributed by atoms with E-state index in [1.807, 2.05) is 32.0 Å². The van der Waals surface area contributed by atoms with Gasteiger partial charge in [0.15, 0.2) is 0 Å². The zero-order chi connectivity index (χ0) is 19.1. The lowest BCUT2D eigenvalue weighted by molar-refractivity contribution is -0.137. The molecule has 1 heterocycles. The third-order valence-electron chi connectivity index (χ3n) is 4.23. The highest BCUT2D eigenvalue weighted by Crippen LogP contribution is 2.38. The van der Waals surface area contributed by atoms with Crippen LogP contribution in [0.15, 0.2) is 48.5 Å². The first-order chi connectivity index (χ1) is 12.2. The van der Waals surface area contributed by atoms with E-state index in [4.69, 9.17) is 0 Å². The smallest absolute Gasteiger partial charge is 0.416 e. The molecular formula is C20H15F3N2O. The van der Waals surface area contributed by atoms with Gasteiger partial charge in [-0.05, 0) is 55.8 Å². The summed E-state index contributed by atoms with van der Waals surface area (Å²) in [5.74, 6) is 0.0103. The summed E-state index contributed by atoms with van der Waals surface area (Å²) in [5, 5.41) is 19.0. The summed E-state index contributed by atoms with van der Waals surface area (Å²) >= 11 is 0. The second kappa shape index (κ2) is 6.26. The van der Waals surface area contributed by atoms with Gasteiger partial charge in [-0.25, -0.2) is 0 Å². The van der Waals surface area contributed by atoms with Crippen molar-refractivity contribution in [3.63, 3.8) is 0 Å². The first kappa shape index (κ1) is 17.6. The number of nitrogens with zero attached hydrogens (tertiary/aromatic N) is 2. The van der Waals surface area contributed by atoms with Gasteiger partial charge in [0.1, 0.15) is 11.8 Å². The van der Waals surface area contributed by atoms with Crippen molar-refractivity contribution >= 4 is 0 Å². The molecule has 0 unspecified atom stereocenters. The summed E-state index contributed by atoms with van der Waals surface area (Å²) in [6.07, 6.45) is -4.57. The Labute approximate surface area is 148 Å². The molecular weight excluding hydrogens is 341 g/mol. The minimum Gasteiger partial charge on any atom is -0.508 e. The molecule has 0 fully saturated rings. The molecule has 3 aromatic rings. The van der Waals surface area contributed by atoms with Crippen molar-refractivity contribution in [2.24, 2.45) is 0 Å². The summed E-state index contributed by atoms with van der Waals surface area (Å²) in [7, 11) is 0. The molecule has 132 valence electrons. The summed E-state index contributed by atoms with van der Waals surface area (Å²) in [6.45, 7) is 3.65. The highest BCUT2D eigenvalue weighted by atomic mass is 19.4. The highest BCUT2D eigenvalue weighted by molar-refractivity contribution is 5.78. The maximum Gasteiger partial charge on any atom is 0.416 e. The van der Waals surface area contributed by atoms with E-state index in [2.05, 4.69) is 0 Å². The number of rotatable bonds is 2. The molecule has 3 nitrogen and oxygen atoms in total. The van der Waals surface area contributed by atoms with Gasteiger partial charge in [0.2, 0.25) is 0 Å². The molecule has 0 spiro atoms. The molecule has 0 aliphatic heterocycles. The van der Waals surface area contributed by atoms with Crippen molar-refractivity contribution in [3.05, 3.63) is 71.0 Å². The standard InChI is InChI=1S/C20H15F3N2O/c1-12-3-4-13(2)25(12)19-15(11-24)9-16(20(21,22)23)10-18(19)14-5-7-17(26)8-6-14/h3-10,26H,1-2H3. The normalized spacial score (nSPS) is 11.4. The van der Waals surface area contributed by atoms with Gasteiger partial charge >= 0.3 is 6.18 Å². The van der Waals surface area contributed by atoms with Crippen LogP contribution < -0.4 is 0 Å². The number of phenols is 1. The number of aromatic nitrogens is 1. The molecule has 0 saturated carbocycles. The summed E-state index contributed by atoms with van der Waals surface area (Å²) in [5.41, 5.74) is 1.81. The monoisotopic (exact) mass is 356 g/mol. The first-order valence-electron chi connectivity index (χ1n) is 7.82. The van der Waals surface area contributed by atoms with E-state index in [0.717, 1.165) is 23.5 Å². The number of benzene rings is 2. The van der Waals surface area contributed by atoms with Gasteiger partial charge < -0.3 is 9.67 Å². The van der Waals surface area contributed by atoms with E-state index in [1.165, 1.54) is 24.3 Å². The first-order valence-corrected chi connectivity index (χ1v) is 7.82. The fraction of sp³-hybridized carbons (Fsp3) is 0.150. The minimum atomic E-state index is -4.57. The average molecular weight is 356 g/mol. The number of hydrogen-bond donors (Lipinski definition) is 1. The molecule has 1 aromatic heterocycles. The van der Waals surface area contributed by atoms with Gasteiger partial charge in [-0.1, -0.05) is 12.1 Å². The van der Waals surface area contributed by atoms with Gasteiger partial charge in [-0.3, -0.25) is 0 Å². The number of hydrogen-bond acceptors (Lipinski definition) is 2. The van der Waals surface area contributed by atoms with E-state index in [0.29, 0.717) is 11.3 Å². The lowest BCUT2D eigenvalue weighted by atomic mass is 9.96. The van der Waals surface area contributed by atoms with Crippen LogP contribution in [0, 0.1) is 25.2 Å². The second-order valence-corrected chi connectivity index (χ2v) is 6.03. The average Bonchev–Trinajstić information content (AvgIpc) is 2.92. The largest absolute Gasteiger partial charge is 0.508 e. The summed E-state index contributed by atoms with van der Waals surface area (Å²) in [4.78, 5) is 0. The number of halogens is 3. The third kappa shape index (κ3) is 3.04. The number of aromatic hydroxyl groups is 1. The fourth-order valence-corrected chi connectivity index (χ4v) is 3.01. The Balaban J connectivity index is 2.42. The predicted molar refractivity (Wildman–Crippen MR) is 92.1 cm³/mol. The van der Waals surface area contributed by atoms with Gasteiger partial charge in [-0.2, -0.15) is 18.4 Å².